The number of nitrogens with one attached hydrogen (secondary N) is 1. The highest BCUT2D eigenvalue weighted by Crippen LogP contribution is 2.26. The number of halogens is 1. The lowest BCUT2D eigenvalue weighted by molar-refractivity contribution is 1.10. The van der Waals surface area contributed by atoms with Crippen LogP contribution in [-0.2, 0) is 6.54 Å². The van der Waals surface area contributed by atoms with E-state index >= 15 is 0 Å². The molecule has 4 nitrogen and oxygen atoms in total. The summed E-state index contributed by atoms with van der Waals surface area (Å²) < 4.78 is 0. The number of benzene rings is 1. The Morgan fingerprint density at radius 1 is 1.30 bits per heavy atom. The summed E-state index contributed by atoms with van der Waals surface area (Å²) >= 11 is 7.44. The minimum absolute atomic E-state index is 0.230. The highest BCUT2D eigenvalue weighted by atomic mass is 35.5. The number of nitrogens with zero attached hydrogens (tertiary/aromatic N) is 3. The van der Waals surface area contributed by atoms with Crippen LogP contribution in [0, 0.1) is 11.3 Å². The van der Waals surface area contributed by atoms with Gasteiger partial charge in [-0.3, -0.25) is 0 Å². The molecule has 1 aromatic carbocycles. The fourth-order valence-corrected chi connectivity index (χ4v) is 2.88. The lowest BCUT2D eigenvalue weighted by atomic mass is 10.1. The molecule has 0 radical (unpaired) electrons. The zero-order valence-corrected chi connectivity index (χ0v) is 11.9. The van der Waals surface area contributed by atoms with Gasteiger partial charge in [0.15, 0.2) is 0 Å². The molecule has 0 aliphatic carbocycles. The molecule has 3 rings (SSSR count). The molecule has 0 aliphatic heterocycles. The van der Waals surface area contributed by atoms with E-state index < -0.39 is 0 Å². The Morgan fingerprint density at radius 3 is 3.05 bits per heavy atom. The van der Waals surface area contributed by atoms with Crippen LogP contribution in [0.2, 0.25) is 5.28 Å². The maximum Gasteiger partial charge on any atom is 0.225 e. The van der Waals surface area contributed by atoms with E-state index in [4.69, 9.17) is 16.9 Å². The molecular formula is C14H9ClN4S. The quantitative estimate of drug-likeness (QED) is 0.747. The number of rotatable bonds is 3. The molecule has 2 heterocycles. The van der Waals surface area contributed by atoms with Crippen molar-refractivity contribution in [3.05, 3.63) is 52.1 Å². The van der Waals surface area contributed by atoms with E-state index in [2.05, 4.69) is 21.4 Å². The number of aromatic nitrogens is 2. The number of fused-ring (bicyclic) bond motifs is 1. The first-order valence-electron chi connectivity index (χ1n) is 5.90. The van der Waals surface area contributed by atoms with Gasteiger partial charge in [0.05, 0.1) is 17.0 Å². The summed E-state index contributed by atoms with van der Waals surface area (Å²) in [5, 5.41) is 15.3. The number of anilines is 1. The van der Waals surface area contributed by atoms with Gasteiger partial charge in [-0.1, -0.05) is 12.1 Å². The minimum Gasteiger partial charge on any atom is -0.365 e. The van der Waals surface area contributed by atoms with Gasteiger partial charge < -0.3 is 5.32 Å². The van der Waals surface area contributed by atoms with Crippen LogP contribution >= 0.6 is 22.9 Å². The molecular weight excluding hydrogens is 292 g/mol. The van der Waals surface area contributed by atoms with Gasteiger partial charge >= 0.3 is 0 Å². The summed E-state index contributed by atoms with van der Waals surface area (Å²) in [6, 6.07) is 11.5. The first kappa shape index (κ1) is 12.9. The first-order chi connectivity index (χ1) is 9.76. The highest BCUT2D eigenvalue weighted by Gasteiger charge is 2.07. The van der Waals surface area contributed by atoms with Gasteiger partial charge in [-0.15, -0.1) is 11.3 Å². The summed E-state index contributed by atoms with van der Waals surface area (Å²) in [5.41, 5.74) is 1.66. The molecule has 0 bridgehead atoms. The van der Waals surface area contributed by atoms with Crippen molar-refractivity contribution in [2.45, 2.75) is 6.54 Å². The molecule has 0 spiro atoms. The van der Waals surface area contributed by atoms with Crippen LogP contribution in [0.15, 0.2) is 35.7 Å². The Bertz CT molecular complexity index is 806. The van der Waals surface area contributed by atoms with Crippen LogP contribution in [0.3, 0.4) is 0 Å². The van der Waals surface area contributed by atoms with E-state index in [9.17, 15) is 0 Å². The third-order valence-electron chi connectivity index (χ3n) is 2.81. The maximum atomic E-state index is 8.89. The predicted molar refractivity (Wildman–Crippen MR) is 80.9 cm³/mol. The van der Waals surface area contributed by atoms with E-state index in [1.165, 1.54) is 11.3 Å². The zero-order chi connectivity index (χ0) is 13.9. The summed E-state index contributed by atoms with van der Waals surface area (Å²) in [4.78, 5) is 9.24. The third-order valence-corrected chi connectivity index (χ3v) is 3.79. The summed E-state index contributed by atoms with van der Waals surface area (Å²) in [5.74, 6) is 0.712. The fraction of sp³-hybridized carbons (Fsp3) is 0.0714. The average Bonchev–Trinajstić information content (AvgIpc) is 2.93. The number of hydrogen-bond acceptors (Lipinski definition) is 5. The Labute approximate surface area is 124 Å². The maximum absolute atomic E-state index is 8.89. The summed E-state index contributed by atoms with van der Waals surface area (Å²) in [6.07, 6.45) is 0. The van der Waals surface area contributed by atoms with E-state index in [0.717, 1.165) is 15.8 Å². The minimum atomic E-state index is 0.230. The van der Waals surface area contributed by atoms with Crippen LogP contribution in [0.1, 0.15) is 11.1 Å². The summed E-state index contributed by atoms with van der Waals surface area (Å²) in [7, 11) is 0. The van der Waals surface area contributed by atoms with Gasteiger partial charge in [-0.05, 0) is 40.7 Å². The Hall–Kier alpha value is -2.16. The second-order valence-electron chi connectivity index (χ2n) is 4.15. The average molecular weight is 301 g/mol. The van der Waals surface area contributed by atoms with Crippen molar-refractivity contribution in [1.82, 2.24) is 9.97 Å². The lowest BCUT2D eigenvalue weighted by Crippen LogP contribution is -2.02. The molecule has 0 saturated heterocycles. The topological polar surface area (TPSA) is 61.6 Å². The Morgan fingerprint density at radius 2 is 2.20 bits per heavy atom. The normalized spacial score (nSPS) is 10.4. The van der Waals surface area contributed by atoms with E-state index in [-0.39, 0.29) is 5.28 Å². The van der Waals surface area contributed by atoms with Crippen molar-refractivity contribution in [3.63, 3.8) is 0 Å². The first-order valence-corrected chi connectivity index (χ1v) is 7.15. The van der Waals surface area contributed by atoms with Crippen molar-refractivity contribution in [2.24, 2.45) is 0 Å². The van der Waals surface area contributed by atoms with Gasteiger partial charge in [-0.25, -0.2) is 9.97 Å². The van der Waals surface area contributed by atoms with Crippen LogP contribution in [0.25, 0.3) is 10.2 Å². The molecule has 0 atom stereocenters. The largest absolute Gasteiger partial charge is 0.365 e. The fourth-order valence-electron chi connectivity index (χ4n) is 1.90. The van der Waals surface area contributed by atoms with Crippen LogP contribution in [-0.4, -0.2) is 9.97 Å². The predicted octanol–water partition coefficient (Wildman–Crippen LogP) is 3.83. The van der Waals surface area contributed by atoms with Gasteiger partial charge in [-0.2, -0.15) is 5.26 Å². The monoisotopic (exact) mass is 300 g/mol. The van der Waals surface area contributed by atoms with E-state index in [1.807, 2.05) is 29.6 Å². The molecule has 98 valence electrons. The number of nitriles is 1. The van der Waals surface area contributed by atoms with Crippen molar-refractivity contribution < 1.29 is 0 Å². The Kier molecular flexibility index (Phi) is 3.50. The van der Waals surface area contributed by atoms with Crippen molar-refractivity contribution in [1.29, 1.82) is 5.26 Å². The molecule has 3 aromatic rings. The summed E-state index contributed by atoms with van der Waals surface area (Å²) in [6.45, 7) is 0.577. The van der Waals surface area contributed by atoms with Crippen LogP contribution in [0.5, 0.6) is 0 Å². The molecule has 20 heavy (non-hydrogen) atoms. The van der Waals surface area contributed by atoms with Crippen molar-refractivity contribution in [3.8, 4) is 6.07 Å². The zero-order valence-electron chi connectivity index (χ0n) is 10.3. The van der Waals surface area contributed by atoms with Crippen molar-refractivity contribution in [2.75, 3.05) is 5.32 Å². The van der Waals surface area contributed by atoms with E-state index in [0.29, 0.717) is 17.9 Å². The number of hydrogen-bond donors (Lipinski definition) is 1. The standard InChI is InChI=1S/C14H9ClN4S/c15-14-18-12(11-4-5-20-13(11)19-14)17-8-10-3-1-2-9(6-10)7-16/h1-6H,8H2,(H,17,18,19). The molecule has 0 unspecified atom stereocenters. The van der Waals surface area contributed by atoms with Crippen LogP contribution in [0.4, 0.5) is 5.82 Å². The second kappa shape index (κ2) is 5.45. The van der Waals surface area contributed by atoms with E-state index in [1.54, 1.807) is 6.07 Å². The Balaban J connectivity index is 1.86. The molecule has 0 fully saturated rings. The lowest BCUT2D eigenvalue weighted by Gasteiger charge is -2.07. The van der Waals surface area contributed by atoms with Gasteiger partial charge in [0.1, 0.15) is 10.6 Å². The van der Waals surface area contributed by atoms with Gasteiger partial charge in [0.2, 0.25) is 5.28 Å². The SMILES string of the molecule is N#Cc1cccc(CNc2nc(Cl)nc3sccc23)c1. The van der Waals surface area contributed by atoms with Crippen molar-refractivity contribution >= 4 is 39.0 Å². The molecule has 1 N–H and O–H groups in total. The molecule has 2 aromatic heterocycles. The third kappa shape index (κ3) is 2.57. The second-order valence-corrected chi connectivity index (χ2v) is 5.38. The molecule has 0 amide bonds. The van der Waals surface area contributed by atoms with Gasteiger partial charge in [0, 0.05) is 6.54 Å². The van der Waals surface area contributed by atoms with Crippen LogP contribution < -0.4 is 5.32 Å². The molecule has 0 aliphatic rings. The highest BCUT2D eigenvalue weighted by molar-refractivity contribution is 7.16. The molecule has 6 heteroatoms. The number of thiophene rings is 1. The molecule has 0 saturated carbocycles. The van der Waals surface area contributed by atoms with Gasteiger partial charge in [0.25, 0.3) is 0 Å². The smallest absolute Gasteiger partial charge is 0.225 e.